The van der Waals surface area contributed by atoms with Gasteiger partial charge in [0.15, 0.2) is 11.6 Å². The first-order valence-corrected chi connectivity index (χ1v) is 13.2. The number of hydrogen-bond acceptors (Lipinski definition) is 7. The molecule has 2 aliphatic rings. The van der Waals surface area contributed by atoms with Crippen molar-refractivity contribution in [3.63, 3.8) is 0 Å². The minimum atomic E-state index is -0.265. The highest BCUT2D eigenvalue weighted by Gasteiger charge is 2.24. The van der Waals surface area contributed by atoms with Gasteiger partial charge < -0.3 is 19.5 Å². The Labute approximate surface area is 208 Å². The molecule has 2 fully saturated rings. The average Bonchev–Trinajstić information content (AvgIpc) is 3.49. The molecule has 7 nitrogen and oxygen atoms in total. The number of morpholine rings is 1. The molecule has 4 aromatic rings. The van der Waals surface area contributed by atoms with Crippen molar-refractivity contribution in [1.29, 1.82) is 0 Å². The summed E-state index contributed by atoms with van der Waals surface area (Å²) >= 11 is 1.80. The molecule has 0 bridgehead atoms. The molecule has 0 radical (unpaired) electrons. The molecule has 35 heavy (non-hydrogen) atoms. The smallest absolute Gasteiger partial charge is 0.164 e. The van der Waals surface area contributed by atoms with Gasteiger partial charge in [0.1, 0.15) is 5.82 Å². The number of para-hydroxylation sites is 1. The SMILES string of the molecule is CN(C)C1CCN(Cc2cc3nc(-c4c[nH]c5c(F)cccc45)nc(N4CCOCC4)c3s2)CC1. The Morgan fingerprint density at radius 2 is 1.94 bits per heavy atom. The van der Waals surface area contributed by atoms with Crippen molar-refractivity contribution in [3.8, 4) is 11.4 Å². The summed E-state index contributed by atoms with van der Waals surface area (Å²) in [7, 11) is 4.36. The van der Waals surface area contributed by atoms with Crippen LogP contribution in [-0.4, -0.2) is 84.3 Å². The molecule has 1 aromatic carbocycles. The lowest BCUT2D eigenvalue weighted by molar-refractivity contribution is 0.122. The Balaban J connectivity index is 1.37. The highest BCUT2D eigenvalue weighted by Crippen LogP contribution is 2.37. The molecule has 2 aliphatic heterocycles. The van der Waals surface area contributed by atoms with Crippen LogP contribution in [0.2, 0.25) is 0 Å². The van der Waals surface area contributed by atoms with Gasteiger partial charge in [-0.15, -0.1) is 11.3 Å². The molecule has 0 saturated carbocycles. The number of nitrogens with zero attached hydrogens (tertiary/aromatic N) is 5. The van der Waals surface area contributed by atoms with E-state index in [2.05, 4.69) is 39.8 Å². The van der Waals surface area contributed by atoms with E-state index < -0.39 is 0 Å². The second kappa shape index (κ2) is 9.46. The standard InChI is InChI=1S/C26H31FN6OS/c1-31(2)17-6-8-32(9-7-17)16-18-14-22-24(35-18)26(33-10-12-34-13-11-33)30-25(29-22)20-15-28-23-19(20)4-3-5-21(23)27/h3-5,14-15,17,28H,6-13,16H2,1-2H3. The van der Waals surface area contributed by atoms with E-state index in [-0.39, 0.29) is 5.82 Å². The molecule has 2 saturated heterocycles. The summed E-state index contributed by atoms with van der Waals surface area (Å²) in [6.45, 7) is 6.17. The van der Waals surface area contributed by atoms with Gasteiger partial charge in [0.25, 0.3) is 0 Å². The van der Waals surface area contributed by atoms with Gasteiger partial charge >= 0.3 is 0 Å². The minimum Gasteiger partial charge on any atom is -0.378 e. The molecule has 0 amide bonds. The zero-order chi connectivity index (χ0) is 23.9. The van der Waals surface area contributed by atoms with Crippen molar-refractivity contribution < 1.29 is 9.13 Å². The average molecular weight is 495 g/mol. The highest BCUT2D eigenvalue weighted by molar-refractivity contribution is 7.19. The second-order valence-corrected chi connectivity index (χ2v) is 10.9. The van der Waals surface area contributed by atoms with E-state index in [0.717, 1.165) is 59.7 Å². The van der Waals surface area contributed by atoms with Crippen LogP contribution in [0.4, 0.5) is 10.2 Å². The normalized spacial score (nSPS) is 18.3. The number of aromatic nitrogens is 3. The number of H-pyrrole nitrogens is 1. The Bertz CT molecular complexity index is 1340. The van der Waals surface area contributed by atoms with Crippen molar-refractivity contribution in [2.45, 2.75) is 25.4 Å². The van der Waals surface area contributed by atoms with Crippen LogP contribution in [-0.2, 0) is 11.3 Å². The number of hydrogen-bond donors (Lipinski definition) is 1. The van der Waals surface area contributed by atoms with Gasteiger partial charge in [-0.3, -0.25) is 4.90 Å². The maximum absolute atomic E-state index is 14.3. The fourth-order valence-electron chi connectivity index (χ4n) is 5.27. The predicted molar refractivity (Wildman–Crippen MR) is 140 cm³/mol. The molecule has 3 aromatic heterocycles. The Kier molecular flexibility index (Phi) is 6.18. The van der Waals surface area contributed by atoms with Crippen molar-refractivity contribution in [3.05, 3.63) is 41.2 Å². The zero-order valence-electron chi connectivity index (χ0n) is 20.3. The maximum Gasteiger partial charge on any atom is 0.164 e. The zero-order valence-corrected chi connectivity index (χ0v) is 21.1. The van der Waals surface area contributed by atoms with Gasteiger partial charge in [-0.25, -0.2) is 14.4 Å². The summed E-state index contributed by atoms with van der Waals surface area (Å²) < 4.78 is 21.1. The number of ether oxygens (including phenoxy) is 1. The van der Waals surface area contributed by atoms with E-state index in [1.54, 1.807) is 17.4 Å². The summed E-state index contributed by atoms with van der Waals surface area (Å²) in [5.41, 5.74) is 2.28. The number of likely N-dealkylation sites (tertiary alicyclic amines) is 1. The van der Waals surface area contributed by atoms with E-state index >= 15 is 0 Å². The third-order valence-corrected chi connectivity index (χ3v) is 8.39. The van der Waals surface area contributed by atoms with Gasteiger partial charge in [0, 0.05) is 60.8 Å². The van der Waals surface area contributed by atoms with Crippen LogP contribution >= 0.6 is 11.3 Å². The lowest BCUT2D eigenvalue weighted by Gasteiger charge is -2.34. The Morgan fingerprint density at radius 3 is 2.71 bits per heavy atom. The molecular weight excluding hydrogens is 463 g/mol. The third-order valence-electron chi connectivity index (χ3n) is 7.29. The van der Waals surface area contributed by atoms with Crippen LogP contribution in [0.5, 0.6) is 0 Å². The summed E-state index contributed by atoms with van der Waals surface area (Å²) in [6, 6.07) is 8.03. The lowest BCUT2D eigenvalue weighted by Crippen LogP contribution is -2.41. The van der Waals surface area contributed by atoms with E-state index in [4.69, 9.17) is 14.7 Å². The topological polar surface area (TPSA) is 60.5 Å². The molecule has 0 aliphatic carbocycles. The van der Waals surface area contributed by atoms with Gasteiger partial charge in [0.2, 0.25) is 0 Å². The van der Waals surface area contributed by atoms with Crippen molar-refractivity contribution in [2.75, 3.05) is 58.4 Å². The van der Waals surface area contributed by atoms with Gasteiger partial charge in [-0.2, -0.15) is 0 Å². The van der Waals surface area contributed by atoms with Crippen LogP contribution in [0.25, 0.3) is 32.5 Å². The molecule has 184 valence electrons. The molecule has 6 rings (SSSR count). The summed E-state index contributed by atoms with van der Waals surface area (Å²) in [5, 5.41) is 0.802. The van der Waals surface area contributed by atoms with Crippen LogP contribution in [0.3, 0.4) is 0 Å². The number of rotatable bonds is 5. The number of anilines is 1. The first-order valence-electron chi connectivity index (χ1n) is 12.3. The van der Waals surface area contributed by atoms with E-state index in [0.29, 0.717) is 30.6 Å². The number of halogens is 1. The van der Waals surface area contributed by atoms with Gasteiger partial charge in [-0.1, -0.05) is 12.1 Å². The molecule has 5 heterocycles. The van der Waals surface area contributed by atoms with Crippen molar-refractivity contribution in [2.24, 2.45) is 0 Å². The number of benzene rings is 1. The Hall–Kier alpha value is -2.59. The number of fused-ring (bicyclic) bond motifs is 2. The summed E-state index contributed by atoms with van der Waals surface area (Å²) in [5.74, 6) is 1.33. The minimum absolute atomic E-state index is 0.265. The van der Waals surface area contributed by atoms with Crippen LogP contribution in [0.1, 0.15) is 17.7 Å². The fourth-order valence-corrected chi connectivity index (χ4v) is 6.42. The first kappa shape index (κ1) is 22.8. The molecular formula is C26H31FN6OS. The lowest BCUT2D eigenvalue weighted by atomic mass is 10.0. The van der Waals surface area contributed by atoms with E-state index in [1.165, 1.54) is 23.8 Å². The molecule has 1 N–H and O–H groups in total. The summed E-state index contributed by atoms with van der Waals surface area (Å²) in [6.07, 6.45) is 4.23. The molecule has 0 unspecified atom stereocenters. The van der Waals surface area contributed by atoms with Crippen molar-refractivity contribution in [1.82, 2.24) is 24.8 Å². The second-order valence-electron chi connectivity index (χ2n) is 9.73. The Morgan fingerprint density at radius 1 is 1.14 bits per heavy atom. The predicted octanol–water partition coefficient (Wildman–Crippen LogP) is 4.34. The highest BCUT2D eigenvalue weighted by atomic mass is 32.1. The van der Waals surface area contributed by atoms with Crippen LogP contribution in [0, 0.1) is 5.82 Å². The van der Waals surface area contributed by atoms with Crippen LogP contribution < -0.4 is 4.90 Å². The third kappa shape index (κ3) is 4.42. The monoisotopic (exact) mass is 494 g/mol. The maximum atomic E-state index is 14.3. The van der Waals surface area contributed by atoms with Crippen molar-refractivity contribution >= 4 is 38.3 Å². The van der Waals surface area contributed by atoms with E-state index in [9.17, 15) is 4.39 Å². The van der Waals surface area contributed by atoms with Gasteiger partial charge in [0.05, 0.1) is 28.9 Å². The number of piperidine rings is 1. The van der Waals surface area contributed by atoms with Crippen LogP contribution in [0.15, 0.2) is 30.5 Å². The number of nitrogens with one attached hydrogen (secondary N) is 1. The summed E-state index contributed by atoms with van der Waals surface area (Å²) in [4.78, 5) is 21.6. The number of thiophene rings is 1. The largest absolute Gasteiger partial charge is 0.378 e. The van der Waals surface area contributed by atoms with E-state index in [1.807, 2.05) is 12.3 Å². The fraction of sp³-hybridized carbons (Fsp3) is 0.462. The van der Waals surface area contributed by atoms with Gasteiger partial charge in [-0.05, 0) is 39.1 Å². The first-order chi connectivity index (χ1) is 17.1. The quantitative estimate of drug-likeness (QED) is 0.445. The molecule has 0 atom stereocenters. The molecule has 9 heteroatoms. The number of aromatic amines is 1. The molecule has 0 spiro atoms.